The summed E-state index contributed by atoms with van der Waals surface area (Å²) in [6, 6.07) is 5.56. The second-order valence-electron chi connectivity index (χ2n) is 3.42. The van der Waals surface area contributed by atoms with Gasteiger partial charge >= 0.3 is 0 Å². The van der Waals surface area contributed by atoms with Crippen molar-refractivity contribution in [1.82, 2.24) is 0 Å². The minimum Gasteiger partial charge on any atom is -0.508 e. The molecule has 0 amide bonds. The van der Waals surface area contributed by atoms with E-state index in [0.29, 0.717) is 11.7 Å². The van der Waals surface area contributed by atoms with Gasteiger partial charge in [0, 0.05) is 0 Å². The first-order valence-electron chi connectivity index (χ1n) is 4.26. The van der Waals surface area contributed by atoms with Crippen molar-refractivity contribution in [3.63, 3.8) is 0 Å². The van der Waals surface area contributed by atoms with Crippen LogP contribution in [0.5, 0.6) is 5.75 Å². The predicted octanol–water partition coefficient (Wildman–Crippen LogP) is 2.60. The van der Waals surface area contributed by atoms with Gasteiger partial charge in [0.2, 0.25) is 0 Å². The van der Waals surface area contributed by atoms with E-state index in [0.717, 1.165) is 6.42 Å². The van der Waals surface area contributed by atoms with Crippen LogP contribution in [0.1, 0.15) is 18.1 Å². The molecule has 0 bridgehead atoms. The van der Waals surface area contributed by atoms with Gasteiger partial charge < -0.3 is 5.11 Å². The first-order chi connectivity index (χ1) is 5.75. The molecule has 1 atom stereocenters. The van der Waals surface area contributed by atoms with Crippen LogP contribution in [0, 0.1) is 5.92 Å². The quantitative estimate of drug-likeness (QED) is 0.618. The van der Waals surface area contributed by atoms with Gasteiger partial charge in [-0.3, -0.25) is 0 Å². The first kappa shape index (κ1) is 7.41. The Morgan fingerprint density at radius 1 is 1.42 bits per heavy atom. The first-order valence-corrected chi connectivity index (χ1v) is 4.26. The zero-order chi connectivity index (χ0) is 8.55. The molecular weight excluding hydrogens is 148 g/mol. The second kappa shape index (κ2) is 2.67. The lowest BCUT2D eigenvalue weighted by Gasteiger charge is -2.15. The number of rotatable bonds is 0. The molecule has 1 N–H and O–H groups in total. The average Bonchev–Trinajstić information content (AvgIpc) is 2.03. The number of phenols is 1. The van der Waals surface area contributed by atoms with Crippen LogP contribution >= 0.6 is 0 Å². The molecule has 1 aliphatic carbocycles. The number of aromatic hydroxyl groups is 1. The number of hydrogen-bond acceptors (Lipinski definition) is 1. The second-order valence-corrected chi connectivity index (χ2v) is 3.42. The summed E-state index contributed by atoms with van der Waals surface area (Å²) in [7, 11) is 0. The molecule has 1 aromatic carbocycles. The zero-order valence-corrected chi connectivity index (χ0v) is 7.12. The summed E-state index contributed by atoms with van der Waals surface area (Å²) < 4.78 is 0. The van der Waals surface area contributed by atoms with E-state index in [9.17, 15) is 5.11 Å². The Kier molecular flexibility index (Phi) is 1.65. The Labute approximate surface area is 72.4 Å². The van der Waals surface area contributed by atoms with Gasteiger partial charge in [-0.1, -0.05) is 25.1 Å². The number of benzene rings is 1. The van der Waals surface area contributed by atoms with E-state index in [4.69, 9.17) is 0 Å². The molecule has 0 radical (unpaired) electrons. The summed E-state index contributed by atoms with van der Waals surface area (Å²) >= 11 is 0. The summed E-state index contributed by atoms with van der Waals surface area (Å²) in [4.78, 5) is 0. The third kappa shape index (κ3) is 1.22. The summed E-state index contributed by atoms with van der Waals surface area (Å²) in [5.41, 5.74) is 2.50. The van der Waals surface area contributed by atoms with E-state index in [1.807, 2.05) is 12.1 Å². The third-order valence-corrected chi connectivity index (χ3v) is 2.27. The lowest BCUT2D eigenvalue weighted by molar-refractivity contribution is 0.474. The number of phenolic OH excluding ortho intramolecular Hbond substituents is 1. The summed E-state index contributed by atoms with van der Waals surface area (Å²) in [5.74, 6) is 0.968. The molecule has 1 aliphatic rings. The fraction of sp³-hybridized carbons (Fsp3) is 0.273. The lowest BCUT2D eigenvalue weighted by Crippen LogP contribution is -2.02. The van der Waals surface area contributed by atoms with E-state index in [-0.39, 0.29) is 0 Å². The Morgan fingerprint density at radius 2 is 2.25 bits per heavy atom. The molecule has 0 spiro atoms. The fourth-order valence-corrected chi connectivity index (χ4v) is 1.61. The van der Waals surface area contributed by atoms with Crippen molar-refractivity contribution >= 4 is 6.08 Å². The van der Waals surface area contributed by atoms with E-state index in [1.54, 1.807) is 6.07 Å². The maximum absolute atomic E-state index is 9.25. The van der Waals surface area contributed by atoms with Crippen LogP contribution in [0.4, 0.5) is 0 Å². The minimum atomic E-state index is 0.372. The van der Waals surface area contributed by atoms with E-state index < -0.39 is 0 Å². The Hall–Kier alpha value is -1.24. The van der Waals surface area contributed by atoms with Gasteiger partial charge in [-0.05, 0) is 35.6 Å². The maximum Gasteiger partial charge on any atom is 0.115 e. The zero-order valence-electron chi connectivity index (χ0n) is 7.12. The number of fused-ring (bicyclic) bond motifs is 1. The van der Waals surface area contributed by atoms with Gasteiger partial charge in [0.05, 0.1) is 0 Å². The van der Waals surface area contributed by atoms with Gasteiger partial charge in [0.15, 0.2) is 0 Å². The van der Waals surface area contributed by atoms with Crippen LogP contribution in [0.15, 0.2) is 24.3 Å². The van der Waals surface area contributed by atoms with Crippen molar-refractivity contribution < 1.29 is 5.11 Å². The van der Waals surface area contributed by atoms with Gasteiger partial charge in [0.1, 0.15) is 5.75 Å². The van der Waals surface area contributed by atoms with Crippen molar-refractivity contribution in [2.24, 2.45) is 5.92 Å². The molecule has 0 aliphatic heterocycles. The molecule has 0 saturated heterocycles. The van der Waals surface area contributed by atoms with E-state index in [1.165, 1.54) is 11.1 Å². The highest BCUT2D eigenvalue weighted by Gasteiger charge is 2.09. The van der Waals surface area contributed by atoms with Gasteiger partial charge in [-0.15, -0.1) is 0 Å². The van der Waals surface area contributed by atoms with Crippen molar-refractivity contribution in [3.8, 4) is 5.75 Å². The van der Waals surface area contributed by atoms with Crippen molar-refractivity contribution in [1.29, 1.82) is 0 Å². The number of hydrogen-bond donors (Lipinski definition) is 1. The van der Waals surface area contributed by atoms with Crippen molar-refractivity contribution in [2.75, 3.05) is 0 Å². The van der Waals surface area contributed by atoms with E-state index in [2.05, 4.69) is 19.1 Å². The molecule has 1 heteroatoms. The Morgan fingerprint density at radius 3 is 3.08 bits per heavy atom. The average molecular weight is 160 g/mol. The molecule has 0 saturated carbocycles. The minimum absolute atomic E-state index is 0.372. The summed E-state index contributed by atoms with van der Waals surface area (Å²) in [6.45, 7) is 2.18. The topological polar surface area (TPSA) is 20.2 Å². The Balaban J connectivity index is 2.47. The van der Waals surface area contributed by atoms with Crippen LogP contribution in [-0.2, 0) is 6.42 Å². The molecule has 1 nitrogen and oxygen atoms in total. The van der Waals surface area contributed by atoms with Crippen LogP contribution < -0.4 is 0 Å². The molecule has 0 fully saturated rings. The van der Waals surface area contributed by atoms with E-state index >= 15 is 0 Å². The van der Waals surface area contributed by atoms with Crippen LogP contribution in [0.2, 0.25) is 0 Å². The largest absolute Gasteiger partial charge is 0.508 e. The maximum atomic E-state index is 9.25. The summed E-state index contributed by atoms with van der Waals surface area (Å²) in [6.07, 6.45) is 5.38. The third-order valence-electron chi connectivity index (χ3n) is 2.27. The summed E-state index contributed by atoms with van der Waals surface area (Å²) in [5, 5.41) is 9.25. The highest BCUT2D eigenvalue weighted by Crippen LogP contribution is 2.25. The monoisotopic (exact) mass is 160 g/mol. The van der Waals surface area contributed by atoms with Gasteiger partial charge in [0.25, 0.3) is 0 Å². The smallest absolute Gasteiger partial charge is 0.115 e. The SMILES string of the molecule is C[C@@H]1C=Cc2ccc(O)cc2C1. The molecule has 2 rings (SSSR count). The molecule has 0 aromatic heterocycles. The molecule has 0 unspecified atom stereocenters. The standard InChI is InChI=1S/C11H12O/c1-8-2-3-9-4-5-11(12)7-10(9)6-8/h2-5,7-8,12H,6H2,1H3/t8-/m1/s1. The molecular formula is C11H12O. The lowest BCUT2D eigenvalue weighted by atomic mass is 9.91. The van der Waals surface area contributed by atoms with Crippen molar-refractivity contribution in [2.45, 2.75) is 13.3 Å². The van der Waals surface area contributed by atoms with Crippen molar-refractivity contribution in [3.05, 3.63) is 35.4 Å². The number of allylic oxidation sites excluding steroid dienone is 1. The molecule has 1 aromatic rings. The van der Waals surface area contributed by atoms with Gasteiger partial charge in [-0.2, -0.15) is 0 Å². The molecule has 12 heavy (non-hydrogen) atoms. The van der Waals surface area contributed by atoms with Gasteiger partial charge in [-0.25, -0.2) is 0 Å². The highest BCUT2D eigenvalue weighted by molar-refractivity contribution is 5.58. The van der Waals surface area contributed by atoms with Crippen LogP contribution in [0.3, 0.4) is 0 Å². The molecule has 0 heterocycles. The highest BCUT2D eigenvalue weighted by atomic mass is 16.3. The normalized spacial score (nSPS) is 20.6. The van der Waals surface area contributed by atoms with Crippen LogP contribution in [-0.4, -0.2) is 5.11 Å². The van der Waals surface area contributed by atoms with Crippen LogP contribution in [0.25, 0.3) is 6.08 Å². The molecule has 62 valence electrons. The Bertz CT molecular complexity index is 326. The predicted molar refractivity (Wildman–Crippen MR) is 50.0 cm³/mol. The fourth-order valence-electron chi connectivity index (χ4n) is 1.61.